The zero-order valence-corrected chi connectivity index (χ0v) is 8.19. The largest absolute Gasteiger partial charge is 0.504 e. The highest BCUT2D eigenvalue weighted by molar-refractivity contribution is 6.30. The van der Waals surface area contributed by atoms with E-state index in [-0.39, 0.29) is 18.0 Å². The van der Waals surface area contributed by atoms with Crippen LogP contribution in [-0.2, 0) is 6.54 Å². The Morgan fingerprint density at radius 1 is 1.64 bits per heavy atom. The van der Waals surface area contributed by atoms with Crippen LogP contribution >= 0.6 is 11.6 Å². The van der Waals surface area contributed by atoms with Crippen LogP contribution < -0.4 is 4.74 Å². The lowest BCUT2D eigenvalue weighted by atomic mass is 10.2. The minimum atomic E-state index is -0.0516. The maximum absolute atomic E-state index is 9.57. The van der Waals surface area contributed by atoms with Crippen LogP contribution in [0.2, 0.25) is 5.02 Å². The highest BCUT2D eigenvalue weighted by Gasteiger charge is 2.08. The average Bonchev–Trinajstić information content (AvgIpc) is 2.18. The number of methoxy groups -OCH3 is 1. The van der Waals surface area contributed by atoms with Gasteiger partial charge in [-0.15, -0.1) is 0 Å². The van der Waals surface area contributed by atoms with Gasteiger partial charge in [-0.3, -0.25) is 0 Å². The Kier molecular flexibility index (Phi) is 3.45. The number of aromatic hydroxyl groups is 1. The van der Waals surface area contributed by atoms with Crippen LogP contribution in [-0.4, -0.2) is 12.2 Å². The van der Waals surface area contributed by atoms with Gasteiger partial charge in [-0.2, -0.15) is 0 Å². The second-order valence-corrected chi connectivity index (χ2v) is 2.94. The van der Waals surface area contributed by atoms with Gasteiger partial charge in [0.15, 0.2) is 11.5 Å². The number of ether oxygens (including phenoxy) is 1. The molecule has 0 heterocycles. The molecule has 0 aliphatic heterocycles. The quantitative estimate of drug-likeness (QED) is 0.476. The predicted molar refractivity (Wildman–Crippen MR) is 52.5 cm³/mol. The molecular formula is C8H8ClN3O2. The van der Waals surface area contributed by atoms with E-state index >= 15 is 0 Å². The lowest BCUT2D eigenvalue weighted by Gasteiger charge is -2.07. The second kappa shape index (κ2) is 4.60. The van der Waals surface area contributed by atoms with Crippen LogP contribution in [0.1, 0.15) is 5.56 Å². The van der Waals surface area contributed by atoms with Gasteiger partial charge >= 0.3 is 0 Å². The first kappa shape index (κ1) is 10.5. The molecule has 5 nitrogen and oxygen atoms in total. The highest BCUT2D eigenvalue weighted by Crippen LogP contribution is 2.33. The van der Waals surface area contributed by atoms with Crippen LogP contribution in [0.3, 0.4) is 0 Å². The van der Waals surface area contributed by atoms with E-state index in [0.29, 0.717) is 10.6 Å². The Hall–Kier alpha value is -1.58. The molecule has 0 unspecified atom stereocenters. The van der Waals surface area contributed by atoms with E-state index in [1.165, 1.54) is 19.2 Å². The first-order chi connectivity index (χ1) is 6.69. The Bertz CT molecular complexity index is 388. The van der Waals surface area contributed by atoms with Gasteiger partial charge in [-0.25, -0.2) is 0 Å². The van der Waals surface area contributed by atoms with Gasteiger partial charge < -0.3 is 9.84 Å². The van der Waals surface area contributed by atoms with Crippen molar-refractivity contribution in [1.82, 2.24) is 0 Å². The molecule has 1 aromatic carbocycles. The molecule has 0 radical (unpaired) electrons. The van der Waals surface area contributed by atoms with Gasteiger partial charge in [0.1, 0.15) is 0 Å². The Morgan fingerprint density at radius 3 is 2.93 bits per heavy atom. The van der Waals surface area contributed by atoms with E-state index in [0.717, 1.165) is 0 Å². The molecule has 0 aliphatic rings. The number of rotatable bonds is 3. The van der Waals surface area contributed by atoms with Crippen LogP contribution in [0.25, 0.3) is 10.4 Å². The number of nitrogens with zero attached hydrogens (tertiary/aromatic N) is 3. The Labute approximate surface area is 85.5 Å². The van der Waals surface area contributed by atoms with Crippen LogP contribution in [0, 0.1) is 0 Å². The molecule has 0 saturated heterocycles. The number of azide groups is 1. The minimum absolute atomic E-state index is 0.0409. The topological polar surface area (TPSA) is 78.2 Å². The first-order valence-electron chi connectivity index (χ1n) is 3.75. The molecule has 6 heteroatoms. The Morgan fingerprint density at radius 2 is 2.36 bits per heavy atom. The van der Waals surface area contributed by atoms with E-state index in [1.54, 1.807) is 0 Å². The van der Waals surface area contributed by atoms with Crippen molar-refractivity contribution in [1.29, 1.82) is 0 Å². The molecule has 0 fully saturated rings. The molecule has 0 amide bonds. The maximum Gasteiger partial charge on any atom is 0.162 e. The summed E-state index contributed by atoms with van der Waals surface area (Å²) in [6, 6.07) is 3.00. The SMILES string of the molecule is COc1cc(Cl)cc(CN=[N+]=[N-])c1O. The standard InChI is InChI=1S/C8H8ClN3O2/c1-14-7-3-6(9)2-5(8(7)13)4-11-12-10/h2-3,13H,4H2,1H3. The lowest BCUT2D eigenvalue weighted by Crippen LogP contribution is -1.88. The number of benzene rings is 1. The molecule has 74 valence electrons. The molecule has 1 rings (SSSR count). The number of phenols is 1. The van der Waals surface area contributed by atoms with Gasteiger partial charge in [0.05, 0.1) is 13.7 Å². The van der Waals surface area contributed by atoms with E-state index in [4.69, 9.17) is 21.9 Å². The van der Waals surface area contributed by atoms with Crippen LogP contribution in [0.5, 0.6) is 11.5 Å². The summed E-state index contributed by atoms with van der Waals surface area (Å²) in [6.07, 6.45) is 0. The lowest BCUT2D eigenvalue weighted by molar-refractivity contribution is 0.370. The molecule has 0 bridgehead atoms. The van der Waals surface area contributed by atoms with Crippen molar-refractivity contribution in [3.8, 4) is 11.5 Å². The first-order valence-corrected chi connectivity index (χ1v) is 4.13. The van der Waals surface area contributed by atoms with Crippen molar-refractivity contribution in [2.24, 2.45) is 5.11 Å². The van der Waals surface area contributed by atoms with E-state index in [9.17, 15) is 5.11 Å². The summed E-state index contributed by atoms with van der Waals surface area (Å²) >= 11 is 5.75. The predicted octanol–water partition coefficient (Wildman–Crippen LogP) is 2.86. The molecule has 0 spiro atoms. The zero-order chi connectivity index (χ0) is 10.6. The summed E-state index contributed by atoms with van der Waals surface area (Å²) in [6.45, 7) is 0.0409. The van der Waals surface area contributed by atoms with Crippen molar-refractivity contribution in [2.75, 3.05) is 7.11 Å². The molecule has 1 aromatic rings. The van der Waals surface area contributed by atoms with E-state index in [2.05, 4.69) is 10.0 Å². The van der Waals surface area contributed by atoms with Crippen molar-refractivity contribution < 1.29 is 9.84 Å². The molecule has 0 saturated carbocycles. The molecule has 14 heavy (non-hydrogen) atoms. The van der Waals surface area contributed by atoms with Crippen LogP contribution in [0.4, 0.5) is 0 Å². The fourth-order valence-corrected chi connectivity index (χ4v) is 1.24. The molecule has 0 aromatic heterocycles. The van der Waals surface area contributed by atoms with Crippen molar-refractivity contribution in [3.05, 3.63) is 33.2 Å². The van der Waals surface area contributed by atoms with Crippen molar-refractivity contribution in [3.63, 3.8) is 0 Å². The summed E-state index contributed by atoms with van der Waals surface area (Å²) in [5.74, 6) is 0.213. The number of phenolic OH excluding ortho intramolecular Hbond substituents is 1. The normalized spacial score (nSPS) is 9.29. The summed E-state index contributed by atoms with van der Waals surface area (Å²) < 4.78 is 4.88. The molecule has 0 atom stereocenters. The summed E-state index contributed by atoms with van der Waals surface area (Å²) in [5, 5.41) is 13.3. The number of hydrogen-bond donors (Lipinski definition) is 1. The van der Waals surface area contributed by atoms with Gasteiger partial charge in [0.25, 0.3) is 0 Å². The smallest absolute Gasteiger partial charge is 0.162 e. The minimum Gasteiger partial charge on any atom is -0.504 e. The zero-order valence-electron chi connectivity index (χ0n) is 7.44. The fourth-order valence-electron chi connectivity index (χ4n) is 1.01. The second-order valence-electron chi connectivity index (χ2n) is 2.50. The molecule has 0 aliphatic carbocycles. The van der Waals surface area contributed by atoms with E-state index < -0.39 is 0 Å². The van der Waals surface area contributed by atoms with E-state index in [1.807, 2.05) is 0 Å². The Balaban J connectivity index is 3.14. The summed E-state index contributed by atoms with van der Waals surface area (Å²) in [4.78, 5) is 2.59. The van der Waals surface area contributed by atoms with Crippen molar-refractivity contribution >= 4 is 11.6 Å². The van der Waals surface area contributed by atoms with Gasteiger partial charge in [0, 0.05) is 21.6 Å². The highest BCUT2D eigenvalue weighted by atomic mass is 35.5. The summed E-state index contributed by atoms with van der Waals surface area (Å²) in [5.41, 5.74) is 8.56. The monoisotopic (exact) mass is 213 g/mol. The maximum atomic E-state index is 9.57. The molecule has 1 N–H and O–H groups in total. The molecular weight excluding hydrogens is 206 g/mol. The number of halogens is 1. The summed E-state index contributed by atoms with van der Waals surface area (Å²) in [7, 11) is 1.42. The van der Waals surface area contributed by atoms with Gasteiger partial charge in [-0.05, 0) is 11.6 Å². The third kappa shape index (κ3) is 2.22. The third-order valence-electron chi connectivity index (χ3n) is 1.64. The van der Waals surface area contributed by atoms with Gasteiger partial charge in [-0.1, -0.05) is 16.7 Å². The van der Waals surface area contributed by atoms with Gasteiger partial charge in [0.2, 0.25) is 0 Å². The number of hydrogen-bond acceptors (Lipinski definition) is 3. The average molecular weight is 214 g/mol. The van der Waals surface area contributed by atoms with Crippen molar-refractivity contribution in [2.45, 2.75) is 6.54 Å². The van der Waals surface area contributed by atoms with Crippen LogP contribution in [0.15, 0.2) is 17.2 Å². The third-order valence-corrected chi connectivity index (χ3v) is 1.86. The fraction of sp³-hybridized carbons (Fsp3) is 0.250.